The first-order valence-corrected chi connectivity index (χ1v) is 46.3. The Bertz CT molecular complexity index is 4460. The summed E-state index contributed by atoms with van der Waals surface area (Å²) >= 11 is 0. The quantitative estimate of drug-likeness (QED) is 0.126. The van der Waals surface area contributed by atoms with Crippen molar-refractivity contribution in [3.05, 3.63) is 316 Å². The summed E-state index contributed by atoms with van der Waals surface area (Å²) in [5, 5.41) is 53.5. The minimum absolute atomic E-state index is 0.112. The molecule has 680 valence electrons. The van der Waals surface area contributed by atoms with E-state index in [0.29, 0.717) is 0 Å². The molecule has 0 heterocycles. The average Bonchev–Trinajstić information content (AvgIpc) is 0.786. The molecule has 0 amide bonds. The molecule has 14 rings (SSSR count). The van der Waals surface area contributed by atoms with Crippen LogP contribution in [0.5, 0.6) is 17.2 Å². The maximum atomic E-state index is 9.22. The highest BCUT2D eigenvalue weighted by Crippen LogP contribution is 2.33. The van der Waals surface area contributed by atoms with Crippen molar-refractivity contribution in [2.24, 2.45) is 0 Å². The number of rotatable bonds is 7. The fourth-order valence-corrected chi connectivity index (χ4v) is 11.3. The second kappa shape index (κ2) is 91.9. The lowest BCUT2D eigenvalue weighted by atomic mass is 9.98. The summed E-state index contributed by atoms with van der Waals surface area (Å²) in [6.07, 6.45) is 0. The van der Waals surface area contributed by atoms with Crippen LogP contribution in [0.25, 0.3) is 75.4 Å². The van der Waals surface area contributed by atoms with Crippen molar-refractivity contribution in [2.75, 3.05) is 21.3 Å². The summed E-state index contributed by atoms with van der Waals surface area (Å²) in [4.78, 5) is 0. The third-order valence-electron chi connectivity index (χ3n) is 16.3. The van der Waals surface area contributed by atoms with Crippen LogP contribution in [0, 0.1) is 41.5 Å². The van der Waals surface area contributed by atoms with Crippen molar-refractivity contribution in [3.63, 3.8) is 0 Å². The molecule has 0 bridgehead atoms. The minimum Gasteiger partial charge on any atom is -0.497 e. The first-order chi connectivity index (χ1) is 59.9. The van der Waals surface area contributed by atoms with Crippen LogP contribution in [-0.2, 0) is 26.4 Å². The molecule has 0 atom stereocenters. The number of methoxy groups -OCH3 is 3. The molecule has 0 saturated heterocycles. The van der Waals surface area contributed by atoms with Crippen LogP contribution < -0.4 is 14.2 Å². The Hall–Kier alpha value is -9.86. The van der Waals surface area contributed by atoms with Crippen LogP contribution in [0.3, 0.4) is 0 Å². The number of ether oxygens (including phenoxy) is 3. The Kier molecular flexibility index (Phi) is 98.1. The lowest BCUT2D eigenvalue weighted by molar-refractivity contribution is 0.282. The molecule has 0 spiro atoms. The number of benzene rings is 14. The van der Waals surface area contributed by atoms with E-state index >= 15 is 0 Å². The van der Waals surface area contributed by atoms with Crippen molar-refractivity contribution >= 4 is 75.4 Å². The Morgan fingerprint density at radius 2 is 0.484 bits per heavy atom. The van der Waals surface area contributed by atoms with Gasteiger partial charge in [-0.3, -0.25) is 0 Å². The van der Waals surface area contributed by atoms with Gasteiger partial charge in [-0.25, -0.2) is 0 Å². The summed E-state index contributed by atoms with van der Waals surface area (Å²) < 4.78 is 15.8. The lowest BCUT2D eigenvalue weighted by Crippen LogP contribution is -1.93. The van der Waals surface area contributed by atoms with Gasteiger partial charge in [-0.15, -0.1) is 0 Å². The standard InChI is InChI=1S/C14H16O.3C12H12O.3C11H10O.16C2H6/c1-9-6-5-7-12-11(3)14(15-4)10(2)8-13(9)12;1-9-11-6-4-3-5-10(11)7-8-12(9)13-2;2*1-9-6-7-10-4-2-3-5-11(10)12(9)8-13;1-12-11-7-6-9-4-2-3-5-10(9)8-11;2*12-8-10-6-3-5-9-4-1-2-7-11(9)10;16*1-2/h5-8H,1-4H3;3-8H,1-2H3;2*2-7,13H,8H2,1H3;2-8H,1H3;2*1-7,12H,8H2;16*1-2H3. The molecule has 0 radical (unpaired) electrons. The van der Waals surface area contributed by atoms with Crippen LogP contribution in [0.1, 0.15) is 277 Å². The van der Waals surface area contributed by atoms with Crippen molar-refractivity contribution in [1.29, 1.82) is 0 Å². The highest BCUT2D eigenvalue weighted by atomic mass is 16.5. The van der Waals surface area contributed by atoms with Crippen LogP contribution in [0.2, 0.25) is 0 Å². The number of aryl methyl sites for hydroxylation is 6. The molecule has 0 aromatic heterocycles. The molecule has 14 aromatic carbocycles. The van der Waals surface area contributed by atoms with Gasteiger partial charge in [0.2, 0.25) is 0 Å². The second-order valence-electron chi connectivity index (χ2n) is 21.9. The summed E-state index contributed by atoms with van der Waals surface area (Å²) in [6, 6.07) is 87.9. The van der Waals surface area contributed by atoms with E-state index in [4.69, 9.17) is 24.4 Å². The highest BCUT2D eigenvalue weighted by molar-refractivity contribution is 5.92. The summed E-state index contributed by atoms with van der Waals surface area (Å²) in [7, 11) is 5.12. The highest BCUT2D eigenvalue weighted by Gasteiger charge is 2.10. The first kappa shape index (κ1) is 130. The molecular formula is C115H178O7. The van der Waals surface area contributed by atoms with Gasteiger partial charge in [0, 0.05) is 0 Å². The van der Waals surface area contributed by atoms with E-state index < -0.39 is 0 Å². The van der Waals surface area contributed by atoms with Crippen molar-refractivity contribution < 1.29 is 34.6 Å². The molecule has 122 heavy (non-hydrogen) atoms. The number of fused-ring (bicyclic) bond motifs is 7. The molecule has 4 N–H and O–H groups in total. The summed E-state index contributed by atoms with van der Waals surface area (Å²) in [5.41, 5.74) is 11.3. The summed E-state index contributed by atoms with van der Waals surface area (Å²) in [6.45, 7) is 77.0. The van der Waals surface area contributed by atoms with Crippen LogP contribution in [0.15, 0.2) is 261 Å². The van der Waals surface area contributed by atoms with Gasteiger partial charge in [0.25, 0.3) is 0 Å². The smallest absolute Gasteiger partial charge is 0.125 e. The Morgan fingerprint density at radius 3 is 0.828 bits per heavy atom. The van der Waals surface area contributed by atoms with Crippen LogP contribution in [-0.4, -0.2) is 41.8 Å². The van der Waals surface area contributed by atoms with E-state index in [9.17, 15) is 10.2 Å². The van der Waals surface area contributed by atoms with Gasteiger partial charge in [-0.05, 0) is 197 Å². The maximum Gasteiger partial charge on any atom is 0.125 e. The predicted octanol–water partition coefficient (Wildman–Crippen LogP) is 36.1. The fraction of sp³-hybridized carbons (Fsp3) is 0.391. The van der Waals surface area contributed by atoms with Gasteiger partial charge < -0.3 is 34.6 Å². The minimum atomic E-state index is 0.112. The van der Waals surface area contributed by atoms with E-state index in [1.165, 1.54) is 76.1 Å². The lowest BCUT2D eigenvalue weighted by Gasteiger charge is -2.13. The van der Waals surface area contributed by atoms with Crippen molar-refractivity contribution in [3.8, 4) is 17.2 Å². The predicted molar refractivity (Wildman–Crippen MR) is 561 cm³/mol. The first-order valence-electron chi connectivity index (χ1n) is 46.3. The number of aliphatic hydroxyl groups is 4. The SMILES string of the molecule is CC.CC.CC.CC.CC.CC.CC.CC.CC.CC.CC.CC.CC.CC.CC.CC.COc1c(C)cc2c(C)cccc2c1C.COc1ccc2ccccc2c1.COc1ccc2ccccc2c1C.Cc1ccc2ccccc2c1CO.Cc1ccc2ccccc2c1CO.OCc1cccc2ccccc12.OCc1cccc2ccccc12. The Labute approximate surface area is 750 Å². The van der Waals surface area contributed by atoms with Gasteiger partial charge in [0.05, 0.1) is 47.8 Å². The zero-order valence-corrected chi connectivity index (χ0v) is 85.2. The molecule has 0 aliphatic heterocycles. The second-order valence-corrected chi connectivity index (χ2v) is 21.9. The zero-order valence-electron chi connectivity index (χ0n) is 85.2. The largest absolute Gasteiger partial charge is 0.497 e. The number of hydrogen-bond acceptors (Lipinski definition) is 7. The number of hydrogen-bond donors (Lipinski definition) is 4. The van der Waals surface area contributed by atoms with Gasteiger partial charge in [-0.1, -0.05) is 458 Å². The monoisotopic (exact) mass is 1670 g/mol. The van der Waals surface area contributed by atoms with E-state index in [-0.39, 0.29) is 26.4 Å². The van der Waals surface area contributed by atoms with E-state index in [2.05, 4.69) is 143 Å². The summed E-state index contributed by atoms with van der Waals surface area (Å²) in [5.74, 6) is 2.88. The molecule has 0 saturated carbocycles. The third kappa shape index (κ3) is 46.4. The number of aliphatic hydroxyl groups excluding tert-OH is 4. The maximum absolute atomic E-state index is 9.22. The van der Waals surface area contributed by atoms with E-state index in [1.54, 1.807) is 21.3 Å². The third-order valence-corrected chi connectivity index (χ3v) is 16.3. The Morgan fingerprint density at radius 1 is 0.197 bits per heavy atom. The van der Waals surface area contributed by atoms with Crippen LogP contribution in [0.4, 0.5) is 0 Å². The van der Waals surface area contributed by atoms with Crippen molar-refractivity contribution in [2.45, 2.75) is 290 Å². The Balaban J connectivity index is -0.000000165. The normalized spacial score (nSPS) is 8.50. The van der Waals surface area contributed by atoms with E-state index in [1.807, 2.05) is 381 Å². The molecule has 0 fully saturated rings. The molecule has 0 unspecified atom stereocenters. The van der Waals surface area contributed by atoms with Crippen LogP contribution >= 0.6 is 0 Å². The zero-order chi connectivity index (χ0) is 95.9. The molecule has 7 heteroatoms. The van der Waals surface area contributed by atoms with E-state index in [0.717, 1.165) is 72.2 Å². The average molecular weight is 1670 g/mol. The molecule has 0 aliphatic carbocycles. The molecule has 14 aromatic rings. The van der Waals surface area contributed by atoms with Crippen molar-refractivity contribution in [1.82, 2.24) is 0 Å². The molecule has 0 aliphatic rings. The topological polar surface area (TPSA) is 109 Å². The van der Waals surface area contributed by atoms with Gasteiger partial charge in [0.15, 0.2) is 0 Å². The van der Waals surface area contributed by atoms with Gasteiger partial charge in [-0.2, -0.15) is 0 Å². The molecule has 7 nitrogen and oxygen atoms in total. The fourth-order valence-electron chi connectivity index (χ4n) is 11.3. The molecular weight excluding hydrogens is 1490 g/mol. The van der Waals surface area contributed by atoms with Gasteiger partial charge >= 0.3 is 0 Å². The van der Waals surface area contributed by atoms with Gasteiger partial charge in [0.1, 0.15) is 17.2 Å².